The fourth-order valence-corrected chi connectivity index (χ4v) is 3.74. The number of para-hydroxylation sites is 1. The minimum absolute atomic E-state index is 0.0109. The van der Waals surface area contributed by atoms with Crippen LogP contribution in [0.4, 0.5) is 5.69 Å². The van der Waals surface area contributed by atoms with Crippen molar-refractivity contribution in [3.63, 3.8) is 0 Å². The van der Waals surface area contributed by atoms with E-state index in [1.807, 2.05) is 30.3 Å². The number of aromatic nitrogens is 1. The quantitative estimate of drug-likeness (QED) is 0.788. The highest BCUT2D eigenvalue weighted by atomic mass is 16.5. The Morgan fingerprint density at radius 3 is 2.62 bits per heavy atom. The second-order valence-corrected chi connectivity index (χ2v) is 6.60. The maximum atomic E-state index is 12.9. The molecule has 136 valence electrons. The molecule has 5 rings (SSSR count). The molecule has 3 aliphatic rings. The minimum Gasteiger partial charge on any atom is -0.490 e. The Morgan fingerprint density at radius 2 is 1.92 bits per heavy atom. The van der Waals surface area contributed by atoms with Crippen molar-refractivity contribution in [2.75, 3.05) is 38.9 Å². The van der Waals surface area contributed by atoms with E-state index in [0.29, 0.717) is 17.3 Å². The smallest absolute Gasteiger partial charge is 0.247 e. The number of anilines is 1. The van der Waals surface area contributed by atoms with Gasteiger partial charge in [-0.05, 0) is 25.0 Å². The molecule has 1 saturated heterocycles. The number of likely N-dealkylation sites (N-methyl/N-ethyl adjacent to an activating group) is 1. The van der Waals surface area contributed by atoms with E-state index in [1.165, 1.54) is 12.8 Å². The molecule has 0 saturated carbocycles. The van der Waals surface area contributed by atoms with Gasteiger partial charge >= 0.3 is 0 Å². The Kier molecular flexibility index (Phi) is 4.28. The molecular weight excluding hydrogens is 332 g/mol. The molecule has 6 nitrogen and oxygen atoms in total. The normalized spacial score (nSPS) is 22.5. The van der Waals surface area contributed by atoms with Gasteiger partial charge in [-0.1, -0.05) is 18.2 Å². The molecule has 0 bridgehead atoms. The van der Waals surface area contributed by atoms with Gasteiger partial charge in [0, 0.05) is 37.6 Å². The van der Waals surface area contributed by atoms with Crippen molar-refractivity contribution >= 4 is 11.6 Å². The zero-order valence-electron chi connectivity index (χ0n) is 15.0. The monoisotopic (exact) mass is 354 g/mol. The fourth-order valence-electron chi connectivity index (χ4n) is 3.74. The summed E-state index contributed by atoms with van der Waals surface area (Å²) in [5.74, 6) is 1.12. The van der Waals surface area contributed by atoms with Crippen LogP contribution in [0.2, 0.25) is 0 Å². The van der Waals surface area contributed by atoms with Gasteiger partial charge < -0.3 is 19.1 Å². The van der Waals surface area contributed by atoms with Gasteiger partial charge in [0.25, 0.3) is 0 Å². The second-order valence-electron chi connectivity index (χ2n) is 6.60. The lowest BCUT2D eigenvalue weighted by atomic mass is 9.80. The number of rotatable bonds is 1. The minimum atomic E-state index is -0.852. The van der Waals surface area contributed by atoms with Crippen LogP contribution in [0.15, 0.2) is 36.4 Å². The number of benzene rings is 1. The Hall–Kier alpha value is -2.60. The molecule has 1 aromatic carbocycles. The highest BCUT2D eigenvalue weighted by Crippen LogP contribution is 2.51. The summed E-state index contributed by atoms with van der Waals surface area (Å²) >= 11 is 0. The van der Waals surface area contributed by atoms with Gasteiger partial charge in [0.1, 0.15) is 18.1 Å². The Balaban J connectivity index is 0.000000292. The van der Waals surface area contributed by atoms with Crippen LogP contribution in [0.5, 0.6) is 11.6 Å². The van der Waals surface area contributed by atoms with Crippen LogP contribution < -0.4 is 14.4 Å². The molecule has 26 heavy (non-hydrogen) atoms. The lowest BCUT2D eigenvalue weighted by Crippen LogP contribution is -2.41. The number of fused-ring (bicyclic) bond motifs is 4. The first-order valence-electron chi connectivity index (χ1n) is 8.82. The zero-order valence-corrected chi connectivity index (χ0v) is 15.0. The van der Waals surface area contributed by atoms with Crippen molar-refractivity contribution in [2.45, 2.75) is 18.3 Å². The molecule has 4 heterocycles. The molecular formula is C20H22N2O4. The van der Waals surface area contributed by atoms with Crippen LogP contribution in [0.3, 0.4) is 0 Å². The lowest BCUT2D eigenvalue weighted by Gasteiger charge is -2.20. The van der Waals surface area contributed by atoms with E-state index >= 15 is 0 Å². The highest BCUT2D eigenvalue weighted by Gasteiger charge is 2.57. The van der Waals surface area contributed by atoms with Crippen molar-refractivity contribution in [2.24, 2.45) is 0 Å². The first-order valence-corrected chi connectivity index (χ1v) is 8.82. The number of pyridine rings is 1. The van der Waals surface area contributed by atoms with Gasteiger partial charge in [0.2, 0.25) is 11.8 Å². The first-order chi connectivity index (χ1) is 12.7. The maximum absolute atomic E-state index is 12.9. The van der Waals surface area contributed by atoms with E-state index in [2.05, 4.69) is 4.98 Å². The van der Waals surface area contributed by atoms with Crippen LogP contribution in [-0.4, -0.2) is 44.9 Å². The Morgan fingerprint density at radius 1 is 1.15 bits per heavy atom. The summed E-state index contributed by atoms with van der Waals surface area (Å²) in [4.78, 5) is 19.1. The predicted octanol–water partition coefficient (Wildman–Crippen LogP) is 2.54. The second kappa shape index (κ2) is 6.61. The summed E-state index contributed by atoms with van der Waals surface area (Å²) in [5, 5.41) is 0. The summed E-state index contributed by atoms with van der Waals surface area (Å²) in [5.41, 5.74) is 1.64. The first kappa shape index (κ1) is 16.8. The van der Waals surface area contributed by atoms with Crippen molar-refractivity contribution < 1.29 is 19.0 Å². The van der Waals surface area contributed by atoms with E-state index in [9.17, 15) is 4.79 Å². The Labute approximate surface area is 152 Å². The summed E-state index contributed by atoms with van der Waals surface area (Å²) in [6, 6.07) is 11.3. The molecule has 0 radical (unpaired) electrons. The van der Waals surface area contributed by atoms with E-state index < -0.39 is 5.41 Å². The van der Waals surface area contributed by atoms with Gasteiger partial charge in [0.15, 0.2) is 5.41 Å². The van der Waals surface area contributed by atoms with Crippen molar-refractivity contribution in [1.29, 1.82) is 0 Å². The van der Waals surface area contributed by atoms with Crippen LogP contribution in [0.25, 0.3) is 0 Å². The molecule has 1 fully saturated rings. The number of methoxy groups -OCH3 is 1. The van der Waals surface area contributed by atoms with E-state index in [-0.39, 0.29) is 12.5 Å². The van der Waals surface area contributed by atoms with Gasteiger partial charge in [-0.2, -0.15) is 0 Å². The largest absolute Gasteiger partial charge is 0.490 e. The van der Waals surface area contributed by atoms with Crippen LogP contribution >= 0.6 is 0 Å². The van der Waals surface area contributed by atoms with Crippen LogP contribution in [-0.2, 0) is 14.9 Å². The number of carbonyl (C=O) groups is 1. The number of hydrogen-bond acceptors (Lipinski definition) is 5. The fraction of sp³-hybridized carbons (Fsp3) is 0.400. The number of carbonyl (C=O) groups excluding carboxylic acids is 1. The molecule has 0 aliphatic carbocycles. The van der Waals surface area contributed by atoms with Gasteiger partial charge in [-0.25, -0.2) is 4.98 Å². The topological polar surface area (TPSA) is 60.9 Å². The highest BCUT2D eigenvalue weighted by molar-refractivity contribution is 6.10. The third-order valence-electron chi connectivity index (χ3n) is 5.11. The molecule has 6 heteroatoms. The van der Waals surface area contributed by atoms with Crippen LogP contribution in [0.1, 0.15) is 24.1 Å². The molecule has 3 aliphatic heterocycles. The molecule has 1 aromatic heterocycles. The standard InChI is InChI=1S/C16H14N2O3.C4H8O/c1-18-11-6-4-3-5-10(11)16(15(18)19)9-21-12-7-8-13(20-2)17-14(12)16;1-2-4-5-3-1/h3-8H,9H2,1-2H3;1-4H2. The molecule has 1 amide bonds. The van der Waals surface area contributed by atoms with Crippen LogP contribution in [0, 0.1) is 0 Å². The van der Waals surface area contributed by atoms with E-state index in [4.69, 9.17) is 14.2 Å². The van der Waals surface area contributed by atoms with Crippen molar-refractivity contribution in [3.05, 3.63) is 47.7 Å². The average Bonchev–Trinajstić information content (AvgIpc) is 3.41. The predicted molar refractivity (Wildman–Crippen MR) is 97.0 cm³/mol. The number of ether oxygens (including phenoxy) is 3. The molecule has 2 aromatic rings. The Bertz CT molecular complexity index is 827. The average molecular weight is 354 g/mol. The lowest BCUT2D eigenvalue weighted by molar-refractivity contribution is -0.121. The van der Waals surface area contributed by atoms with Gasteiger partial charge in [0.05, 0.1) is 7.11 Å². The number of hydrogen-bond donors (Lipinski definition) is 0. The summed E-state index contributed by atoms with van der Waals surface area (Å²) in [6.07, 6.45) is 2.56. The molecule has 0 N–H and O–H groups in total. The summed E-state index contributed by atoms with van der Waals surface area (Å²) < 4.78 is 15.9. The zero-order chi connectivity index (χ0) is 18.1. The van der Waals surface area contributed by atoms with Crippen molar-refractivity contribution in [1.82, 2.24) is 4.98 Å². The SMILES string of the molecule is C1CCOC1.COc1ccc2c(n1)C1(CO2)C(=O)N(C)c2ccccc21. The third kappa shape index (κ3) is 2.44. The molecule has 1 spiro atoms. The van der Waals surface area contributed by atoms with Gasteiger partial charge in [-0.3, -0.25) is 4.79 Å². The molecule has 1 atom stereocenters. The van der Waals surface area contributed by atoms with E-state index in [1.54, 1.807) is 25.1 Å². The maximum Gasteiger partial charge on any atom is 0.247 e. The van der Waals surface area contributed by atoms with Crippen molar-refractivity contribution in [3.8, 4) is 11.6 Å². The number of amides is 1. The summed E-state index contributed by atoms with van der Waals surface area (Å²) in [6.45, 7) is 2.28. The summed E-state index contributed by atoms with van der Waals surface area (Å²) in [7, 11) is 3.35. The molecule has 1 unspecified atom stereocenters. The van der Waals surface area contributed by atoms with E-state index in [0.717, 1.165) is 24.5 Å². The van der Waals surface area contributed by atoms with Gasteiger partial charge in [-0.15, -0.1) is 0 Å². The third-order valence-corrected chi connectivity index (χ3v) is 5.11. The number of nitrogens with zero attached hydrogens (tertiary/aromatic N) is 2.